The van der Waals surface area contributed by atoms with Crippen LogP contribution in [0.1, 0.15) is 0 Å². The van der Waals surface area contributed by atoms with Gasteiger partial charge in [0.25, 0.3) is 0 Å². The van der Waals surface area contributed by atoms with E-state index in [0.717, 1.165) is 0 Å². The van der Waals surface area contributed by atoms with Gasteiger partial charge in [-0.3, -0.25) is 0 Å². The molecular weight excluding hydrogens is 157 g/mol. The Morgan fingerprint density at radius 3 is 2.33 bits per heavy atom. The first-order valence-electron chi connectivity index (χ1n) is 3.62. The summed E-state index contributed by atoms with van der Waals surface area (Å²) in [6.07, 6.45) is 0. The van der Waals surface area contributed by atoms with Crippen molar-refractivity contribution in [2.24, 2.45) is 0 Å². The Balaban J connectivity index is 3.88. The monoisotopic (exact) mass is 164 g/mol. The Bertz CT molecular complexity index is 306. The SMILES string of the molecule is B#S(=BB=BB=BB=BB)OC. The molecule has 0 saturated heterocycles. The second-order valence-electron chi connectivity index (χ2n) is 1.93. The molecule has 1 nitrogen and oxygen atoms in total. The van der Waals surface area contributed by atoms with E-state index in [1.54, 1.807) is 13.2 Å². The Morgan fingerprint density at radius 2 is 1.75 bits per heavy atom. The molecule has 0 aromatic rings. The topological polar surface area (TPSA) is 9.23 Å². The van der Waals surface area contributed by atoms with Gasteiger partial charge in [-0.1, -0.05) is 0 Å². The second kappa shape index (κ2) is 9.85. The van der Waals surface area contributed by atoms with Crippen LogP contribution in [0.15, 0.2) is 0 Å². The van der Waals surface area contributed by atoms with Crippen LogP contribution in [0.25, 0.3) is 0 Å². The van der Waals surface area contributed by atoms with Crippen molar-refractivity contribution < 1.29 is 4.18 Å². The first-order valence-corrected chi connectivity index (χ1v) is 4.90. The molecule has 0 aromatic carbocycles. The van der Waals surface area contributed by atoms with Crippen molar-refractivity contribution in [3.8, 4) is 0 Å². The van der Waals surface area contributed by atoms with Gasteiger partial charge in [0.1, 0.15) is 0 Å². The van der Waals surface area contributed by atoms with Gasteiger partial charge in [0.15, 0.2) is 0 Å². The van der Waals surface area contributed by atoms with Crippen LogP contribution in [-0.4, -0.2) is 67.6 Å². The third kappa shape index (κ3) is 8.86. The average Bonchev–Trinajstić information content (AvgIpc) is 2.10. The molecule has 12 heavy (non-hydrogen) atoms. The predicted octanol–water partition coefficient (Wildman–Crippen LogP) is -3.22. The van der Waals surface area contributed by atoms with E-state index in [1.165, 1.54) is 0 Å². The minimum absolute atomic E-state index is 0.548. The molecular formula is CH5B9OS. The van der Waals surface area contributed by atoms with Crippen molar-refractivity contribution in [1.29, 1.82) is 0 Å². The Morgan fingerprint density at radius 1 is 1.17 bits per heavy atom. The van der Waals surface area contributed by atoms with E-state index in [9.17, 15) is 0 Å². The quantitative estimate of drug-likeness (QED) is 0.397. The zero-order chi connectivity index (χ0) is 9.23. The molecule has 0 N–H and O–H groups in total. The molecule has 0 radical (unpaired) electrons. The molecule has 0 rings (SSSR count). The molecule has 48 valence electrons. The fourth-order valence-corrected chi connectivity index (χ4v) is 0.839. The second-order valence-corrected chi connectivity index (χ2v) is 3.19. The van der Waals surface area contributed by atoms with Gasteiger partial charge in [0.2, 0.25) is 0 Å². The summed E-state index contributed by atoms with van der Waals surface area (Å²) >= 11 is 0. The van der Waals surface area contributed by atoms with E-state index in [-0.39, 0.29) is 0 Å². The van der Waals surface area contributed by atoms with Gasteiger partial charge in [-0.25, -0.2) is 0 Å². The molecule has 0 atom stereocenters. The molecule has 0 amide bonds. The maximum atomic E-state index is 5.47. The number of hydrogen-bond donors (Lipinski definition) is 0. The van der Waals surface area contributed by atoms with Crippen molar-refractivity contribution in [2.75, 3.05) is 7.11 Å². The first kappa shape index (κ1) is 12.8. The molecule has 0 fully saturated rings. The summed E-state index contributed by atoms with van der Waals surface area (Å²) in [5.41, 5.74) is 0. The average molecular weight is 162 g/mol. The maximum absolute atomic E-state index is 5.47. The van der Waals surface area contributed by atoms with E-state index in [2.05, 4.69) is 0 Å². The zero-order valence-corrected chi connectivity index (χ0v) is 8.25. The summed E-state index contributed by atoms with van der Waals surface area (Å²) in [6.45, 7) is 17.1. The van der Waals surface area contributed by atoms with Gasteiger partial charge < -0.3 is 0 Å². The van der Waals surface area contributed by atoms with Crippen molar-refractivity contribution in [3.05, 3.63) is 0 Å². The van der Waals surface area contributed by atoms with Gasteiger partial charge in [0, 0.05) is 0 Å². The van der Waals surface area contributed by atoms with Gasteiger partial charge >= 0.3 is 81.6 Å². The Hall–Kier alpha value is 0.764. The Kier molecular flexibility index (Phi) is 10.5. The van der Waals surface area contributed by atoms with E-state index < -0.39 is 9.84 Å². The molecule has 0 aliphatic rings. The van der Waals surface area contributed by atoms with Crippen LogP contribution in [0, 0.1) is 0 Å². The van der Waals surface area contributed by atoms with E-state index in [0.29, 0.717) is 0 Å². The zero-order valence-electron chi connectivity index (χ0n) is 7.44. The first-order chi connectivity index (χ1) is 5.81. The van der Waals surface area contributed by atoms with Crippen LogP contribution in [0.3, 0.4) is 0 Å². The molecule has 0 saturated carbocycles. The molecule has 11 heteroatoms. The van der Waals surface area contributed by atoms with Gasteiger partial charge in [-0.15, -0.1) is 0 Å². The van der Waals surface area contributed by atoms with Crippen LogP contribution < -0.4 is 0 Å². The summed E-state index contributed by atoms with van der Waals surface area (Å²) in [7, 11) is 3.01. The van der Waals surface area contributed by atoms with Crippen molar-refractivity contribution in [1.82, 2.24) is 0 Å². The molecule has 0 aromatic heterocycles. The number of hydrogen-bond acceptors (Lipinski definition) is 1. The van der Waals surface area contributed by atoms with Gasteiger partial charge in [0.05, 0.1) is 0 Å². The standard InChI is InChI=1S/CH5B9OS/c1-11-12(3)10-9-8-7-6-5-4-2/h2H2,1H3. The predicted molar refractivity (Wildman–Crippen MR) is 69.2 cm³/mol. The molecule has 0 bridgehead atoms. The van der Waals surface area contributed by atoms with Crippen molar-refractivity contribution >= 4 is 70.3 Å². The third-order valence-electron chi connectivity index (χ3n) is 1.04. The summed E-state index contributed by atoms with van der Waals surface area (Å²) in [5.74, 6) is 0. The molecule has 0 unspecified atom stereocenters. The number of rotatable bonds is 3. The molecule has 0 spiro atoms. The molecule has 0 heterocycles. The van der Waals surface area contributed by atoms with Crippen LogP contribution in [-0.2, 0) is 4.18 Å². The summed E-state index contributed by atoms with van der Waals surface area (Å²) in [5, 5.41) is 0. The van der Waals surface area contributed by atoms with E-state index in [1.807, 2.05) is 47.9 Å². The van der Waals surface area contributed by atoms with Crippen LogP contribution >= 0.6 is 9.84 Å². The van der Waals surface area contributed by atoms with Crippen LogP contribution in [0.5, 0.6) is 0 Å². The van der Waals surface area contributed by atoms with Gasteiger partial charge in [-0.05, 0) is 0 Å². The van der Waals surface area contributed by atoms with Gasteiger partial charge in [-0.2, -0.15) is 0 Å². The fourth-order valence-electron chi connectivity index (χ4n) is 0.482. The normalized spacial score (nSPS) is 9.42. The van der Waals surface area contributed by atoms with Crippen molar-refractivity contribution in [3.63, 3.8) is 0 Å². The molecule has 0 aliphatic carbocycles. The van der Waals surface area contributed by atoms with Crippen LogP contribution in [0.4, 0.5) is 0 Å². The third-order valence-corrected chi connectivity index (χ3v) is 1.85. The Labute approximate surface area is 81.8 Å². The summed E-state index contributed by atoms with van der Waals surface area (Å²) in [6, 6.07) is 1.81. The summed E-state index contributed by atoms with van der Waals surface area (Å²) in [4.78, 5) is 0. The van der Waals surface area contributed by atoms with Crippen LogP contribution in [0.2, 0.25) is 0 Å². The van der Waals surface area contributed by atoms with Crippen molar-refractivity contribution in [2.45, 2.75) is 0 Å². The fraction of sp³-hybridized carbons (Fsp3) is 1.00. The minimum atomic E-state index is -0.548. The summed E-state index contributed by atoms with van der Waals surface area (Å²) < 4.78 is 4.84. The van der Waals surface area contributed by atoms with E-state index in [4.69, 9.17) is 10.7 Å². The van der Waals surface area contributed by atoms with E-state index >= 15 is 0 Å². The molecule has 0 aliphatic heterocycles.